The van der Waals surface area contributed by atoms with E-state index in [0.29, 0.717) is 18.4 Å². The Labute approximate surface area is 126 Å². The highest BCUT2D eigenvalue weighted by atomic mass is 32.7. The molecule has 110 valence electrons. The molecule has 2 radical (unpaired) electrons. The minimum atomic E-state index is -2.90. The van der Waals surface area contributed by atoms with E-state index < -0.39 is 6.72 Å². The molecule has 1 aliphatic rings. The van der Waals surface area contributed by atoms with Crippen LogP contribution < -0.4 is 0 Å². The molecule has 7 heteroatoms. The molecule has 0 N–H and O–H groups in total. The van der Waals surface area contributed by atoms with Gasteiger partial charge in [-0.1, -0.05) is 38.9 Å². The Morgan fingerprint density at radius 1 is 1.45 bits per heavy atom. The molecule has 4 nitrogen and oxygen atoms in total. The van der Waals surface area contributed by atoms with E-state index in [1.54, 1.807) is 23.1 Å². The summed E-state index contributed by atoms with van der Waals surface area (Å²) in [4.78, 5) is 3.97. The van der Waals surface area contributed by atoms with E-state index in [9.17, 15) is 4.57 Å². The van der Waals surface area contributed by atoms with Crippen molar-refractivity contribution in [3.63, 3.8) is 0 Å². The van der Waals surface area contributed by atoms with Gasteiger partial charge in [-0.05, 0) is 23.2 Å². The largest absolute Gasteiger partial charge is 0.358 e. The predicted molar refractivity (Wildman–Crippen MR) is 85.3 cm³/mol. The van der Waals surface area contributed by atoms with Crippen LogP contribution in [0, 0.1) is 11.8 Å². The standard InChI is InChI=1S/C13H22BN2O2PS/c1-3-11-7-13(14)8-12(11)9-18-19(17,20-4-2)16-6-5-15-10-16/h5-6,10-13H,3-4,7-9H2,1-2H3/t11-,12-,13+,19?/m1/s1. The van der Waals surface area contributed by atoms with Gasteiger partial charge in [0.15, 0.2) is 0 Å². The van der Waals surface area contributed by atoms with E-state index >= 15 is 0 Å². The number of nitrogens with zero attached hydrogens (tertiary/aromatic N) is 2. The van der Waals surface area contributed by atoms with Crippen LogP contribution in [-0.2, 0) is 9.09 Å². The molecule has 2 rings (SSSR count). The van der Waals surface area contributed by atoms with Gasteiger partial charge in [0, 0.05) is 18.1 Å². The monoisotopic (exact) mass is 312 g/mol. The van der Waals surface area contributed by atoms with E-state index in [1.807, 2.05) is 6.92 Å². The van der Waals surface area contributed by atoms with Crippen molar-refractivity contribution in [2.24, 2.45) is 11.8 Å². The van der Waals surface area contributed by atoms with Crippen molar-refractivity contribution >= 4 is 25.9 Å². The van der Waals surface area contributed by atoms with Gasteiger partial charge in [-0.3, -0.25) is 8.90 Å². The molecule has 1 unspecified atom stereocenters. The molecular weight excluding hydrogens is 290 g/mol. The zero-order valence-corrected chi connectivity index (χ0v) is 13.9. The van der Waals surface area contributed by atoms with Crippen LogP contribution in [0.1, 0.15) is 33.1 Å². The van der Waals surface area contributed by atoms with Gasteiger partial charge in [0.25, 0.3) is 0 Å². The Balaban J connectivity index is 2.01. The smallest absolute Gasteiger partial charge is 0.305 e. The summed E-state index contributed by atoms with van der Waals surface area (Å²) in [6.07, 6.45) is 8.05. The fourth-order valence-electron chi connectivity index (χ4n) is 2.88. The zero-order valence-electron chi connectivity index (χ0n) is 12.1. The molecule has 1 aromatic rings. The van der Waals surface area contributed by atoms with Crippen molar-refractivity contribution in [3.05, 3.63) is 18.7 Å². The summed E-state index contributed by atoms with van der Waals surface area (Å²) < 4.78 is 20.4. The molecule has 4 atom stereocenters. The molecule has 0 aromatic carbocycles. The summed E-state index contributed by atoms with van der Waals surface area (Å²) in [6.45, 7) is 1.79. The second kappa shape index (κ2) is 7.19. The predicted octanol–water partition coefficient (Wildman–Crippen LogP) is 4.00. The van der Waals surface area contributed by atoms with Crippen molar-refractivity contribution in [2.45, 2.75) is 38.9 Å². The molecule has 1 aromatic heterocycles. The van der Waals surface area contributed by atoms with Gasteiger partial charge >= 0.3 is 6.72 Å². The van der Waals surface area contributed by atoms with Gasteiger partial charge in [-0.25, -0.2) is 4.98 Å². The SMILES string of the molecule is [B][C@H]1C[C@@H](CC)[C@@H](COP(=O)(SCC)n2ccnc2)C1. The maximum atomic E-state index is 12.9. The first kappa shape index (κ1) is 16.2. The Kier molecular flexibility index (Phi) is 5.82. The molecule has 0 bridgehead atoms. The van der Waals surface area contributed by atoms with Crippen molar-refractivity contribution in [3.8, 4) is 0 Å². The van der Waals surface area contributed by atoms with Gasteiger partial charge in [0.05, 0.1) is 14.5 Å². The van der Waals surface area contributed by atoms with Crippen LogP contribution in [-0.4, -0.2) is 29.5 Å². The number of rotatable bonds is 7. The molecule has 20 heavy (non-hydrogen) atoms. The van der Waals surface area contributed by atoms with E-state index in [1.165, 1.54) is 11.4 Å². The minimum absolute atomic E-state index is 0.264. The summed E-state index contributed by atoms with van der Waals surface area (Å²) in [5.74, 6) is 2.02. The summed E-state index contributed by atoms with van der Waals surface area (Å²) in [6, 6.07) is 0. The van der Waals surface area contributed by atoms with Gasteiger partial charge in [0.2, 0.25) is 0 Å². The van der Waals surface area contributed by atoms with Crippen LogP contribution in [0.2, 0.25) is 5.82 Å². The fourth-order valence-corrected chi connectivity index (χ4v) is 6.41. The molecule has 0 amide bonds. The lowest BCUT2D eigenvalue weighted by atomic mass is 9.85. The maximum Gasteiger partial charge on any atom is 0.358 e. The third-order valence-corrected chi connectivity index (χ3v) is 8.42. The van der Waals surface area contributed by atoms with E-state index in [0.717, 1.165) is 25.0 Å². The molecule has 0 spiro atoms. The van der Waals surface area contributed by atoms with Crippen molar-refractivity contribution in [1.82, 2.24) is 9.32 Å². The lowest BCUT2D eigenvalue weighted by molar-refractivity contribution is 0.216. The Morgan fingerprint density at radius 3 is 2.80 bits per heavy atom. The molecule has 1 fully saturated rings. The average molecular weight is 312 g/mol. The van der Waals surface area contributed by atoms with Crippen molar-refractivity contribution in [2.75, 3.05) is 12.4 Å². The molecule has 1 saturated carbocycles. The third kappa shape index (κ3) is 3.72. The lowest BCUT2D eigenvalue weighted by Gasteiger charge is -2.23. The van der Waals surface area contributed by atoms with Crippen LogP contribution in [0.25, 0.3) is 0 Å². The average Bonchev–Trinajstić information content (AvgIpc) is 3.06. The van der Waals surface area contributed by atoms with E-state index in [2.05, 4.69) is 11.9 Å². The minimum Gasteiger partial charge on any atom is -0.305 e. The highest BCUT2D eigenvalue weighted by molar-refractivity contribution is 8.56. The van der Waals surface area contributed by atoms with Crippen LogP contribution in [0.3, 0.4) is 0 Å². The normalized spacial score (nSPS) is 29.4. The first-order chi connectivity index (χ1) is 9.59. The van der Waals surface area contributed by atoms with Gasteiger partial charge < -0.3 is 4.52 Å². The fraction of sp³-hybridized carbons (Fsp3) is 0.769. The molecule has 0 saturated heterocycles. The van der Waals surface area contributed by atoms with Gasteiger partial charge in [0.1, 0.15) is 6.33 Å². The van der Waals surface area contributed by atoms with Gasteiger partial charge in [-0.15, -0.1) is 0 Å². The van der Waals surface area contributed by atoms with Crippen LogP contribution in [0.4, 0.5) is 0 Å². The first-order valence-electron chi connectivity index (χ1n) is 7.22. The van der Waals surface area contributed by atoms with E-state index in [-0.39, 0.29) is 5.82 Å². The highest BCUT2D eigenvalue weighted by Crippen LogP contribution is 2.61. The van der Waals surface area contributed by atoms with Crippen molar-refractivity contribution in [1.29, 1.82) is 0 Å². The number of aromatic nitrogens is 2. The van der Waals surface area contributed by atoms with Crippen LogP contribution >= 0.6 is 18.1 Å². The van der Waals surface area contributed by atoms with E-state index in [4.69, 9.17) is 12.4 Å². The number of imidazole rings is 1. The molecular formula is C13H22BN2O2PS. The Bertz CT molecular complexity index is 457. The third-order valence-electron chi connectivity index (χ3n) is 3.92. The first-order valence-corrected chi connectivity index (χ1v) is 10.4. The lowest BCUT2D eigenvalue weighted by Crippen LogP contribution is -2.14. The number of hydrogen-bond acceptors (Lipinski definition) is 4. The molecule has 1 aliphatic carbocycles. The summed E-state index contributed by atoms with van der Waals surface area (Å²) in [5.41, 5.74) is 0. The van der Waals surface area contributed by atoms with Gasteiger partial charge in [-0.2, -0.15) is 0 Å². The molecule has 1 heterocycles. The molecule has 0 aliphatic heterocycles. The van der Waals surface area contributed by atoms with Crippen molar-refractivity contribution < 1.29 is 9.09 Å². The second-order valence-corrected chi connectivity index (χ2v) is 9.94. The number of hydrogen-bond donors (Lipinski definition) is 0. The Hall–Kier alpha value is -0.185. The summed E-state index contributed by atoms with van der Waals surface area (Å²) in [5, 5.41) is 0. The van der Waals surface area contributed by atoms with Crippen LogP contribution in [0.5, 0.6) is 0 Å². The highest BCUT2D eigenvalue weighted by Gasteiger charge is 2.34. The summed E-state index contributed by atoms with van der Waals surface area (Å²) >= 11 is 1.35. The second-order valence-electron chi connectivity index (χ2n) is 5.28. The quantitative estimate of drug-likeness (QED) is 0.564. The zero-order chi connectivity index (χ0) is 14.6. The topological polar surface area (TPSA) is 44.1 Å². The Morgan fingerprint density at radius 2 is 2.20 bits per heavy atom. The maximum absolute atomic E-state index is 12.9. The summed E-state index contributed by atoms with van der Waals surface area (Å²) in [7, 11) is 6.04. The van der Waals surface area contributed by atoms with Crippen LogP contribution in [0.15, 0.2) is 18.7 Å².